The number of ether oxygens (including phenoxy) is 1. The Morgan fingerprint density at radius 2 is 1.52 bits per heavy atom. The number of nitrogens with one attached hydrogen (secondary N) is 1. The zero-order valence-electron chi connectivity index (χ0n) is 16.8. The van der Waals surface area contributed by atoms with Crippen molar-refractivity contribution in [2.24, 2.45) is 5.92 Å². The van der Waals surface area contributed by atoms with Crippen LogP contribution in [0.2, 0.25) is 5.02 Å². The number of carboxylic acid groups (broad SMARTS) is 1. The zero-order valence-corrected chi connectivity index (χ0v) is 17.5. The monoisotopic (exact) mass is 435 g/mol. The Hall–Kier alpha value is -3.31. The van der Waals surface area contributed by atoms with Gasteiger partial charge in [-0.05, 0) is 46.4 Å². The first-order chi connectivity index (χ1) is 15.0. The molecular weight excluding hydrogens is 414 g/mol. The molecule has 31 heavy (non-hydrogen) atoms. The number of aliphatic carboxylic acids is 1. The molecule has 0 saturated carbocycles. The van der Waals surface area contributed by atoms with Crippen LogP contribution in [0, 0.1) is 5.92 Å². The van der Waals surface area contributed by atoms with Crippen LogP contribution in [-0.4, -0.2) is 30.3 Å². The van der Waals surface area contributed by atoms with Crippen molar-refractivity contribution >= 4 is 23.7 Å². The van der Waals surface area contributed by atoms with Crippen molar-refractivity contribution in [2.75, 3.05) is 13.2 Å². The van der Waals surface area contributed by atoms with E-state index >= 15 is 0 Å². The van der Waals surface area contributed by atoms with Gasteiger partial charge in [0, 0.05) is 17.5 Å². The third kappa shape index (κ3) is 4.72. The number of carboxylic acids is 1. The lowest BCUT2D eigenvalue weighted by Crippen LogP contribution is -2.35. The maximum Gasteiger partial charge on any atom is 0.407 e. The third-order valence-electron chi connectivity index (χ3n) is 5.58. The number of fused-ring (bicyclic) bond motifs is 3. The SMILES string of the molecule is O=C(NC[C@H](Cc1ccc(Cl)cc1)C(=O)O)OCC1c2ccccc2-c2ccccc21. The van der Waals surface area contributed by atoms with Gasteiger partial charge in [0.25, 0.3) is 0 Å². The molecule has 3 aromatic carbocycles. The predicted octanol–water partition coefficient (Wildman–Crippen LogP) is 5.12. The molecular formula is C25H22ClNO4. The summed E-state index contributed by atoms with van der Waals surface area (Å²) in [6.07, 6.45) is -0.333. The number of carbonyl (C=O) groups is 2. The second kappa shape index (κ2) is 9.23. The van der Waals surface area contributed by atoms with Crippen LogP contribution in [0.4, 0.5) is 4.79 Å². The van der Waals surface area contributed by atoms with Gasteiger partial charge >= 0.3 is 12.1 Å². The number of amides is 1. The first-order valence-electron chi connectivity index (χ1n) is 10.1. The van der Waals surface area contributed by atoms with Crippen LogP contribution in [0.3, 0.4) is 0 Å². The summed E-state index contributed by atoms with van der Waals surface area (Å²) in [5.41, 5.74) is 5.40. The maximum atomic E-state index is 12.3. The van der Waals surface area contributed by atoms with Crippen LogP contribution in [0.1, 0.15) is 22.6 Å². The highest BCUT2D eigenvalue weighted by molar-refractivity contribution is 6.30. The summed E-state index contributed by atoms with van der Waals surface area (Å²) in [4.78, 5) is 23.9. The molecule has 0 radical (unpaired) electrons. The molecule has 1 aliphatic rings. The molecule has 0 bridgehead atoms. The minimum Gasteiger partial charge on any atom is -0.481 e. The van der Waals surface area contributed by atoms with E-state index in [1.807, 2.05) is 36.4 Å². The van der Waals surface area contributed by atoms with Crippen molar-refractivity contribution in [1.82, 2.24) is 5.32 Å². The number of hydrogen-bond acceptors (Lipinski definition) is 3. The van der Waals surface area contributed by atoms with Crippen LogP contribution in [0.5, 0.6) is 0 Å². The highest BCUT2D eigenvalue weighted by Gasteiger charge is 2.29. The molecule has 4 rings (SSSR count). The average molecular weight is 436 g/mol. The van der Waals surface area contributed by atoms with Gasteiger partial charge in [-0.25, -0.2) is 4.79 Å². The lowest BCUT2D eigenvalue weighted by atomic mass is 9.98. The van der Waals surface area contributed by atoms with E-state index in [1.54, 1.807) is 24.3 Å². The molecule has 3 aromatic rings. The van der Waals surface area contributed by atoms with Crippen LogP contribution in [0.15, 0.2) is 72.8 Å². The summed E-state index contributed by atoms with van der Waals surface area (Å²) in [7, 11) is 0. The minimum atomic E-state index is -0.978. The smallest absolute Gasteiger partial charge is 0.407 e. The molecule has 158 valence electrons. The van der Waals surface area contributed by atoms with E-state index in [2.05, 4.69) is 17.4 Å². The van der Waals surface area contributed by atoms with Gasteiger partial charge in [-0.15, -0.1) is 0 Å². The molecule has 0 unspecified atom stereocenters. The lowest BCUT2D eigenvalue weighted by Gasteiger charge is -2.16. The van der Waals surface area contributed by atoms with Gasteiger partial charge in [0.05, 0.1) is 5.92 Å². The van der Waals surface area contributed by atoms with Crippen LogP contribution < -0.4 is 5.32 Å². The van der Waals surface area contributed by atoms with E-state index in [1.165, 1.54) is 0 Å². The van der Waals surface area contributed by atoms with Crippen molar-refractivity contribution in [2.45, 2.75) is 12.3 Å². The Kier molecular flexibility index (Phi) is 6.23. The summed E-state index contributed by atoms with van der Waals surface area (Å²) in [5.74, 6) is -1.78. The summed E-state index contributed by atoms with van der Waals surface area (Å²) in [5, 5.41) is 12.7. The molecule has 2 N–H and O–H groups in total. The van der Waals surface area contributed by atoms with Crippen LogP contribution in [-0.2, 0) is 16.0 Å². The molecule has 5 nitrogen and oxygen atoms in total. The van der Waals surface area contributed by atoms with E-state index < -0.39 is 18.0 Å². The van der Waals surface area contributed by atoms with Crippen molar-refractivity contribution in [3.63, 3.8) is 0 Å². The molecule has 0 saturated heterocycles. The normalized spacial score (nSPS) is 13.2. The number of rotatable bonds is 7. The van der Waals surface area contributed by atoms with Gasteiger partial charge in [0.15, 0.2) is 0 Å². The molecule has 0 heterocycles. The number of hydrogen-bond donors (Lipinski definition) is 2. The topological polar surface area (TPSA) is 75.6 Å². The second-order valence-electron chi connectivity index (χ2n) is 7.57. The van der Waals surface area contributed by atoms with Gasteiger partial charge in [-0.1, -0.05) is 72.3 Å². The molecule has 0 fully saturated rings. The van der Waals surface area contributed by atoms with Gasteiger partial charge in [-0.2, -0.15) is 0 Å². The fourth-order valence-corrected chi connectivity index (χ4v) is 4.13. The zero-order chi connectivity index (χ0) is 21.8. The highest BCUT2D eigenvalue weighted by atomic mass is 35.5. The van der Waals surface area contributed by atoms with Gasteiger partial charge in [0.1, 0.15) is 6.61 Å². The summed E-state index contributed by atoms with van der Waals surface area (Å²) in [6, 6.07) is 23.2. The van der Waals surface area contributed by atoms with Crippen molar-refractivity contribution in [3.05, 3.63) is 94.5 Å². The Labute approximate surface area is 185 Å². The number of benzene rings is 3. The molecule has 0 aromatic heterocycles. The van der Waals surface area contributed by atoms with Crippen LogP contribution in [0.25, 0.3) is 11.1 Å². The predicted molar refractivity (Wildman–Crippen MR) is 119 cm³/mol. The first kappa shape index (κ1) is 20.9. The molecule has 1 aliphatic carbocycles. The Morgan fingerprint density at radius 1 is 0.935 bits per heavy atom. The lowest BCUT2D eigenvalue weighted by molar-refractivity contribution is -0.141. The van der Waals surface area contributed by atoms with E-state index in [9.17, 15) is 14.7 Å². The largest absolute Gasteiger partial charge is 0.481 e. The van der Waals surface area contributed by atoms with Crippen molar-refractivity contribution in [1.29, 1.82) is 0 Å². The number of halogens is 1. The summed E-state index contributed by atoms with van der Waals surface area (Å²) >= 11 is 5.88. The van der Waals surface area contributed by atoms with E-state index in [4.69, 9.17) is 16.3 Å². The molecule has 6 heteroatoms. The van der Waals surface area contributed by atoms with Crippen molar-refractivity contribution in [3.8, 4) is 11.1 Å². The van der Waals surface area contributed by atoms with Gasteiger partial charge < -0.3 is 15.2 Å². The van der Waals surface area contributed by atoms with E-state index in [0.29, 0.717) is 5.02 Å². The number of alkyl carbamates (subject to hydrolysis) is 1. The molecule has 0 aliphatic heterocycles. The molecule has 0 spiro atoms. The Morgan fingerprint density at radius 3 is 2.10 bits per heavy atom. The maximum absolute atomic E-state index is 12.3. The Bertz CT molecular complexity index is 1050. The first-order valence-corrected chi connectivity index (χ1v) is 10.5. The fraction of sp³-hybridized carbons (Fsp3) is 0.200. The van der Waals surface area contributed by atoms with Gasteiger partial charge in [-0.3, -0.25) is 4.79 Å². The highest BCUT2D eigenvalue weighted by Crippen LogP contribution is 2.44. The Balaban J connectivity index is 1.36. The van der Waals surface area contributed by atoms with Gasteiger partial charge in [0.2, 0.25) is 0 Å². The standard InChI is InChI=1S/C25H22ClNO4/c26-18-11-9-16(10-12-18)13-17(24(28)29)14-27-25(30)31-15-23-21-7-3-1-5-19(21)20-6-2-4-8-22(20)23/h1-12,17,23H,13-15H2,(H,27,30)(H,28,29)/t17-/m0/s1. The van der Waals surface area contributed by atoms with Crippen LogP contribution >= 0.6 is 11.6 Å². The quantitative estimate of drug-likeness (QED) is 0.540. The third-order valence-corrected chi connectivity index (χ3v) is 5.83. The second-order valence-corrected chi connectivity index (χ2v) is 8.01. The summed E-state index contributed by atoms with van der Waals surface area (Å²) < 4.78 is 5.48. The molecule has 1 atom stereocenters. The average Bonchev–Trinajstić information content (AvgIpc) is 3.10. The van der Waals surface area contributed by atoms with Crippen molar-refractivity contribution < 1.29 is 19.4 Å². The molecule has 1 amide bonds. The van der Waals surface area contributed by atoms with E-state index in [0.717, 1.165) is 27.8 Å². The minimum absolute atomic E-state index is 0.0192. The number of carbonyl (C=O) groups excluding carboxylic acids is 1. The summed E-state index contributed by atoms with van der Waals surface area (Å²) in [6.45, 7) is 0.170. The fourth-order valence-electron chi connectivity index (χ4n) is 4.01. The van der Waals surface area contributed by atoms with E-state index in [-0.39, 0.29) is 25.5 Å².